The minimum absolute atomic E-state index is 0.0650. The summed E-state index contributed by atoms with van der Waals surface area (Å²) in [7, 11) is 2.92. The number of benzene rings is 1. The van der Waals surface area contributed by atoms with E-state index in [0.29, 0.717) is 0 Å². The fraction of sp³-hybridized carbons (Fsp3) is 0.389. The molecule has 0 radical (unpaired) electrons. The van der Waals surface area contributed by atoms with Crippen molar-refractivity contribution in [2.24, 2.45) is 19.5 Å². The maximum Gasteiger partial charge on any atom is 0.332 e. The second-order valence-electron chi connectivity index (χ2n) is 6.90. The molecule has 0 amide bonds. The van der Waals surface area contributed by atoms with Crippen molar-refractivity contribution in [1.82, 2.24) is 9.13 Å². The Morgan fingerprint density at radius 2 is 1.67 bits per heavy atom. The average Bonchev–Trinajstić information content (AvgIpc) is 2.54. The van der Waals surface area contributed by atoms with Crippen molar-refractivity contribution in [1.29, 1.82) is 5.26 Å². The van der Waals surface area contributed by atoms with Gasteiger partial charge in [0, 0.05) is 14.1 Å². The maximum atomic E-state index is 12.2. The zero-order chi connectivity index (χ0) is 18.1. The Balaban J connectivity index is 2.66. The molecule has 126 valence electrons. The Morgan fingerprint density at radius 1 is 1.08 bits per heavy atom. The van der Waals surface area contributed by atoms with Crippen LogP contribution in [0.1, 0.15) is 37.9 Å². The van der Waals surface area contributed by atoms with E-state index in [4.69, 9.17) is 0 Å². The highest BCUT2D eigenvalue weighted by Crippen LogP contribution is 2.35. The highest BCUT2D eigenvalue weighted by Gasteiger charge is 2.28. The third-order valence-corrected chi connectivity index (χ3v) is 4.06. The zero-order valence-electron chi connectivity index (χ0n) is 14.6. The van der Waals surface area contributed by atoms with Crippen LogP contribution in [0, 0.1) is 16.7 Å². The summed E-state index contributed by atoms with van der Waals surface area (Å²) in [6.45, 7) is 6.18. The van der Waals surface area contributed by atoms with Gasteiger partial charge in [0.25, 0.3) is 5.56 Å². The molecule has 0 aliphatic heterocycles. The SMILES string of the molecule is Cn1c(NC(c2ccccc2)C(C)(C)C)c(C#N)c(=O)n(C)c1=O. The molecule has 0 fully saturated rings. The van der Waals surface area contributed by atoms with E-state index in [1.54, 1.807) is 7.05 Å². The second kappa shape index (κ2) is 6.36. The van der Waals surface area contributed by atoms with Gasteiger partial charge >= 0.3 is 5.69 Å². The Morgan fingerprint density at radius 3 is 2.17 bits per heavy atom. The number of hydrogen-bond acceptors (Lipinski definition) is 4. The summed E-state index contributed by atoms with van der Waals surface area (Å²) >= 11 is 0. The lowest BCUT2D eigenvalue weighted by molar-refractivity contribution is 0.345. The molecule has 0 saturated carbocycles. The number of rotatable bonds is 3. The number of aromatic nitrogens is 2. The van der Waals surface area contributed by atoms with Gasteiger partial charge in [-0.25, -0.2) is 4.79 Å². The lowest BCUT2D eigenvalue weighted by Gasteiger charge is -2.33. The molecule has 2 rings (SSSR count). The van der Waals surface area contributed by atoms with E-state index < -0.39 is 11.2 Å². The summed E-state index contributed by atoms with van der Waals surface area (Å²) in [5, 5.41) is 12.7. The summed E-state index contributed by atoms with van der Waals surface area (Å²) < 4.78 is 2.25. The molecular formula is C18H22N4O2. The standard InChI is InChI=1S/C18H22N4O2/c1-18(2,3)14(12-9-7-6-8-10-12)20-15-13(11-19)16(23)22(5)17(24)21(15)4/h6-10,14,20H,1-5H3. The Bertz CT molecular complexity index is 896. The van der Waals surface area contributed by atoms with Gasteiger partial charge in [-0.15, -0.1) is 0 Å². The highest BCUT2D eigenvalue weighted by atomic mass is 16.2. The van der Waals surface area contributed by atoms with E-state index in [1.165, 1.54) is 11.6 Å². The molecule has 1 N–H and O–H groups in total. The molecule has 1 aromatic carbocycles. The van der Waals surface area contributed by atoms with Crippen LogP contribution in [0.3, 0.4) is 0 Å². The minimum atomic E-state index is -0.594. The van der Waals surface area contributed by atoms with Gasteiger partial charge in [0.15, 0.2) is 5.56 Å². The van der Waals surface area contributed by atoms with E-state index in [0.717, 1.165) is 10.1 Å². The molecule has 1 unspecified atom stereocenters. The van der Waals surface area contributed by atoms with Gasteiger partial charge in [0.05, 0.1) is 6.04 Å². The predicted octanol–water partition coefficient (Wildman–Crippen LogP) is 2.15. The summed E-state index contributed by atoms with van der Waals surface area (Å²) in [5.41, 5.74) is -0.316. The molecule has 24 heavy (non-hydrogen) atoms. The normalized spacial score (nSPS) is 12.5. The molecule has 6 heteroatoms. The van der Waals surface area contributed by atoms with Crippen molar-refractivity contribution in [2.75, 3.05) is 5.32 Å². The average molecular weight is 326 g/mol. The van der Waals surface area contributed by atoms with Gasteiger partial charge in [0.1, 0.15) is 11.9 Å². The van der Waals surface area contributed by atoms with Crippen LogP contribution in [0.25, 0.3) is 0 Å². The smallest absolute Gasteiger partial charge is 0.332 e. The van der Waals surface area contributed by atoms with Crippen LogP contribution in [-0.2, 0) is 14.1 Å². The lowest BCUT2D eigenvalue weighted by Crippen LogP contribution is -2.41. The van der Waals surface area contributed by atoms with E-state index in [9.17, 15) is 14.9 Å². The summed E-state index contributed by atoms with van der Waals surface area (Å²) in [6.07, 6.45) is 0. The third-order valence-electron chi connectivity index (χ3n) is 4.06. The van der Waals surface area contributed by atoms with Crippen LogP contribution in [0.4, 0.5) is 5.82 Å². The molecular weight excluding hydrogens is 304 g/mol. The van der Waals surface area contributed by atoms with Crippen molar-refractivity contribution in [3.05, 3.63) is 62.3 Å². The first kappa shape index (κ1) is 17.5. The Labute approximate surface area is 141 Å². The predicted molar refractivity (Wildman–Crippen MR) is 93.9 cm³/mol. The molecule has 0 spiro atoms. The maximum absolute atomic E-state index is 12.2. The zero-order valence-corrected chi connectivity index (χ0v) is 14.6. The fourth-order valence-corrected chi connectivity index (χ4v) is 2.70. The molecule has 1 heterocycles. The van der Waals surface area contributed by atoms with E-state index in [1.807, 2.05) is 36.4 Å². The molecule has 2 aromatic rings. The van der Waals surface area contributed by atoms with Crippen molar-refractivity contribution in [3.8, 4) is 6.07 Å². The summed E-state index contributed by atoms with van der Waals surface area (Å²) in [5.74, 6) is 0.245. The van der Waals surface area contributed by atoms with Crippen LogP contribution >= 0.6 is 0 Å². The van der Waals surface area contributed by atoms with Crippen LogP contribution in [-0.4, -0.2) is 9.13 Å². The Hall–Kier alpha value is -2.81. The minimum Gasteiger partial charge on any atom is -0.363 e. The van der Waals surface area contributed by atoms with Crippen LogP contribution in [0.2, 0.25) is 0 Å². The van der Waals surface area contributed by atoms with Gasteiger partial charge in [-0.2, -0.15) is 5.26 Å². The van der Waals surface area contributed by atoms with Crippen molar-refractivity contribution >= 4 is 5.82 Å². The molecule has 1 atom stereocenters. The third kappa shape index (κ3) is 3.11. The fourth-order valence-electron chi connectivity index (χ4n) is 2.70. The van der Waals surface area contributed by atoms with Gasteiger partial charge in [0.2, 0.25) is 0 Å². The van der Waals surface area contributed by atoms with Gasteiger partial charge in [-0.3, -0.25) is 13.9 Å². The monoisotopic (exact) mass is 326 g/mol. The van der Waals surface area contributed by atoms with E-state index in [2.05, 4.69) is 26.1 Å². The van der Waals surface area contributed by atoms with Crippen molar-refractivity contribution in [3.63, 3.8) is 0 Å². The van der Waals surface area contributed by atoms with Gasteiger partial charge in [-0.1, -0.05) is 51.1 Å². The number of nitriles is 1. The van der Waals surface area contributed by atoms with Crippen LogP contribution in [0.15, 0.2) is 39.9 Å². The van der Waals surface area contributed by atoms with Crippen LogP contribution < -0.4 is 16.6 Å². The van der Waals surface area contributed by atoms with E-state index in [-0.39, 0.29) is 22.8 Å². The molecule has 0 aliphatic rings. The molecule has 0 saturated heterocycles. The second-order valence-corrected chi connectivity index (χ2v) is 6.90. The Kier molecular flexibility index (Phi) is 4.65. The van der Waals surface area contributed by atoms with Crippen LogP contribution in [0.5, 0.6) is 0 Å². The van der Waals surface area contributed by atoms with E-state index >= 15 is 0 Å². The lowest BCUT2D eigenvalue weighted by atomic mass is 9.82. The number of anilines is 1. The molecule has 0 aliphatic carbocycles. The van der Waals surface area contributed by atoms with Gasteiger partial charge in [-0.05, 0) is 11.0 Å². The molecule has 0 bridgehead atoms. The first-order valence-corrected chi connectivity index (χ1v) is 7.70. The molecule has 6 nitrogen and oxygen atoms in total. The largest absolute Gasteiger partial charge is 0.363 e. The molecule has 1 aromatic heterocycles. The number of nitrogens with zero attached hydrogens (tertiary/aromatic N) is 3. The first-order valence-electron chi connectivity index (χ1n) is 7.70. The quantitative estimate of drug-likeness (QED) is 0.937. The number of hydrogen-bond donors (Lipinski definition) is 1. The topological polar surface area (TPSA) is 79.8 Å². The van der Waals surface area contributed by atoms with Gasteiger partial charge < -0.3 is 5.32 Å². The summed E-state index contributed by atoms with van der Waals surface area (Å²) in [6, 6.07) is 11.5. The van der Waals surface area contributed by atoms with Crippen molar-refractivity contribution < 1.29 is 0 Å². The highest BCUT2D eigenvalue weighted by molar-refractivity contribution is 5.53. The first-order chi connectivity index (χ1) is 11.2. The van der Waals surface area contributed by atoms with Crippen molar-refractivity contribution in [2.45, 2.75) is 26.8 Å². The summed E-state index contributed by atoms with van der Waals surface area (Å²) in [4.78, 5) is 24.5. The number of nitrogens with one attached hydrogen (secondary N) is 1.